The number of anilines is 1. The van der Waals surface area contributed by atoms with Crippen LogP contribution in [0.1, 0.15) is 81.5 Å². The molecule has 0 unspecified atom stereocenters. The van der Waals surface area contributed by atoms with Gasteiger partial charge in [-0.3, -0.25) is 14.4 Å². The summed E-state index contributed by atoms with van der Waals surface area (Å²) in [5, 5.41) is 2.93. The summed E-state index contributed by atoms with van der Waals surface area (Å²) in [6.45, 7) is 13.0. The molecular formula is C40H44N2O4. The zero-order chi connectivity index (χ0) is 32.8. The standard InChI is InChI=1S/C40H44N2O4/c1-25-16-17-28(18-26(25)2)41-35(45)24-46-34-15-11-10-14-29(34)36-37-30(19-39(3,4)21-32(37)43)42(23-27-12-8-7-9-13-27)31-20-40(5,6)22-33(44)38(31)36/h7-18,36H,19-24H2,1-6H3,(H,41,45). The van der Waals surface area contributed by atoms with E-state index in [0.717, 1.165) is 46.5 Å². The molecule has 0 saturated carbocycles. The Kier molecular flexibility index (Phi) is 8.26. The van der Waals surface area contributed by atoms with E-state index in [0.29, 0.717) is 42.0 Å². The van der Waals surface area contributed by atoms with Gasteiger partial charge >= 0.3 is 0 Å². The van der Waals surface area contributed by atoms with Crippen molar-refractivity contribution in [2.75, 3.05) is 11.9 Å². The maximum atomic E-state index is 14.2. The van der Waals surface area contributed by atoms with Gasteiger partial charge in [-0.2, -0.15) is 0 Å². The second-order valence-electron chi connectivity index (χ2n) is 14.8. The molecule has 6 rings (SSSR count). The minimum Gasteiger partial charge on any atom is -0.483 e. The minimum absolute atomic E-state index is 0.0702. The van der Waals surface area contributed by atoms with Crippen LogP contribution in [-0.2, 0) is 20.9 Å². The lowest BCUT2D eigenvalue weighted by Gasteiger charge is -2.49. The molecule has 6 heteroatoms. The zero-order valence-electron chi connectivity index (χ0n) is 27.8. The fourth-order valence-electron chi connectivity index (χ4n) is 7.33. The van der Waals surface area contributed by atoms with Crippen LogP contribution >= 0.6 is 0 Å². The van der Waals surface area contributed by atoms with E-state index < -0.39 is 5.92 Å². The van der Waals surface area contributed by atoms with Gasteiger partial charge < -0.3 is 15.0 Å². The van der Waals surface area contributed by atoms with Crippen molar-refractivity contribution in [3.05, 3.63) is 118 Å². The molecule has 6 nitrogen and oxygen atoms in total. The molecule has 3 aromatic carbocycles. The predicted octanol–water partition coefficient (Wildman–Crippen LogP) is 8.21. The predicted molar refractivity (Wildman–Crippen MR) is 181 cm³/mol. The van der Waals surface area contributed by atoms with Gasteiger partial charge in [-0.15, -0.1) is 0 Å². The lowest BCUT2D eigenvalue weighted by molar-refractivity contribution is -0.120. The summed E-state index contributed by atoms with van der Waals surface area (Å²) < 4.78 is 6.22. The number of hydrogen-bond donors (Lipinski definition) is 1. The number of hydrogen-bond acceptors (Lipinski definition) is 5. The quantitative estimate of drug-likeness (QED) is 0.290. The molecule has 1 aliphatic heterocycles. The van der Waals surface area contributed by atoms with Crippen LogP contribution in [0.25, 0.3) is 0 Å². The Hall–Kier alpha value is -4.45. The first-order valence-electron chi connectivity index (χ1n) is 16.2. The van der Waals surface area contributed by atoms with Crippen LogP contribution in [0, 0.1) is 24.7 Å². The van der Waals surface area contributed by atoms with Gasteiger partial charge in [0.25, 0.3) is 5.91 Å². The summed E-state index contributed by atoms with van der Waals surface area (Å²) in [5.74, 6) is -0.181. The molecule has 0 saturated heterocycles. The number of aryl methyl sites for hydroxylation is 2. The van der Waals surface area contributed by atoms with Crippen LogP contribution in [0.2, 0.25) is 0 Å². The molecule has 238 valence electrons. The first-order valence-corrected chi connectivity index (χ1v) is 16.2. The number of Topliss-reactive ketones (excluding diaryl/α,β-unsaturated/α-hetero) is 2. The van der Waals surface area contributed by atoms with E-state index in [4.69, 9.17) is 4.74 Å². The fraction of sp³-hybridized carbons (Fsp3) is 0.375. The highest BCUT2D eigenvalue weighted by atomic mass is 16.5. The number of nitrogens with zero attached hydrogens (tertiary/aromatic N) is 1. The number of rotatable bonds is 7. The Morgan fingerprint density at radius 3 is 1.98 bits per heavy atom. The Bertz CT molecular complexity index is 1730. The smallest absolute Gasteiger partial charge is 0.262 e. The van der Waals surface area contributed by atoms with E-state index in [2.05, 4.69) is 50.0 Å². The lowest BCUT2D eigenvalue weighted by Crippen LogP contribution is -2.44. The van der Waals surface area contributed by atoms with Crippen molar-refractivity contribution in [3.8, 4) is 5.75 Å². The van der Waals surface area contributed by atoms with Crippen molar-refractivity contribution in [1.82, 2.24) is 4.90 Å². The molecule has 1 N–H and O–H groups in total. The normalized spacial score (nSPS) is 19.1. The van der Waals surface area contributed by atoms with Crippen LogP contribution in [0.3, 0.4) is 0 Å². The zero-order valence-corrected chi connectivity index (χ0v) is 27.8. The van der Waals surface area contributed by atoms with Crippen LogP contribution in [-0.4, -0.2) is 29.0 Å². The lowest BCUT2D eigenvalue weighted by atomic mass is 9.63. The number of carbonyl (C=O) groups is 3. The van der Waals surface area contributed by atoms with Crippen LogP contribution in [0.4, 0.5) is 5.69 Å². The van der Waals surface area contributed by atoms with Crippen molar-refractivity contribution in [2.45, 2.75) is 79.7 Å². The minimum atomic E-state index is -0.553. The fourth-order valence-corrected chi connectivity index (χ4v) is 7.33. The summed E-state index contributed by atoms with van der Waals surface area (Å²) in [6.07, 6.45) is 2.27. The third-order valence-corrected chi connectivity index (χ3v) is 9.58. The average molecular weight is 617 g/mol. The summed E-state index contributed by atoms with van der Waals surface area (Å²) in [4.78, 5) is 43.8. The Morgan fingerprint density at radius 2 is 1.37 bits per heavy atom. The monoisotopic (exact) mass is 616 g/mol. The SMILES string of the molecule is Cc1ccc(NC(=O)COc2ccccc2C2C3=C(CC(C)(C)CC3=O)N(Cc3ccccc3)C3=C2C(=O)CC(C)(C)C3)cc1C. The molecule has 0 atom stereocenters. The third kappa shape index (κ3) is 6.31. The molecule has 0 spiro atoms. The number of para-hydroxylation sites is 1. The molecule has 2 aliphatic carbocycles. The van der Waals surface area contributed by atoms with Gasteiger partial charge in [0.15, 0.2) is 18.2 Å². The summed E-state index contributed by atoms with van der Waals surface area (Å²) >= 11 is 0. The number of nitrogens with one attached hydrogen (secondary N) is 1. The van der Waals surface area contributed by atoms with Gasteiger partial charge in [-0.25, -0.2) is 0 Å². The van der Waals surface area contributed by atoms with Gasteiger partial charge in [0.2, 0.25) is 0 Å². The average Bonchev–Trinajstić information content (AvgIpc) is 2.98. The number of carbonyl (C=O) groups excluding carboxylic acids is 3. The Morgan fingerprint density at radius 1 is 0.783 bits per heavy atom. The first kappa shape index (κ1) is 31.5. The number of amides is 1. The largest absolute Gasteiger partial charge is 0.483 e. The van der Waals surface area contributed by atoms with E-state index in [-0.39, 0.29) is 34.9 Å². The number of benzene rings is 3. The van der Waals surface area contributed by atoms with Crippen molar-refractivity contribution < 1.29 is 19.1 Å². The molecule has 0 aromatic heterocycles. The van der Waals surface area contributed by atoms with E-state index in [1.54, 1.807) is 0 Å². The van der Waals surface area contributed by atoms with Gasteiger partial charge in [0, 0.05) is 59.1 Å². The second kappa shape index (κ2) is 12.1. The van der Waals surface area contributed by atoms with E-state index in [1.165, 1.54) is 0 Å². The van der Waals surface area contributed by atoms with Crippen molar-refractivity contribution >= 4 is 23.2 Å². The molecule has 0 bridgehead atoms. The van der Waals surface area contributed by atoms with E-state index >= 15 is 0 Å². The van der Waals surface area contributed by atoms with E-state index in [1.807, 2.05) is 74.5 Å². The molecule has 3 aliphatic rings. The highest BCUT2D eigenvalue weighted by Crippen LogP contribution is 2.55. The Labute approximate surface area is 272 Å². The molecule has 0 fully saturated rings. The van der Waals surface area contributed by atoms with Crippen molar-refractivity contribution in [1.29, 1.82) is 0 Å². The maximum absolute atomic E-state index is 14.2. The number of ketones is 2. The summed E-state index contributed by atoms with van der Waals surface area (Å²) in [7, 11) is 0. The molecule has 0 radical (unpaired) electrons. The van der Waals surface area contributed by atoms with E-state index in [9.17, 15) is 14.4 Å². The van der Waals surface area contributed by atoms with Crippen LogP contribution < -0.4 is 10.1 Å². The molecule has 1 amide bonds. The van der Waals surface area contributed by atoms with Gasteiger partial charge in [-0.05, 0) is 72.4 Å². The molecule has 46 heavy (non-hydrogen) atoms. The summed E-state index contributed by atoms with van der Waals surface area (Å²) in [5.41, 5.74) is 7.79. The van der Waals surface area contributed by atoms with Crippen molar-refractivity contribution in [3.63, 3.8) is 0 Å². The highest BCUT2D eigenvalue weighted by molar-refractivity contribution is 6.07. The Balaban J connectivity index is 1.43. The highest BCUT2D eigenvalue weighted by Gasteiger charge is 2.49. The first-order chi connectivity index (χ1) is 21.8. The van der Waals surface area contributed by atoms with Crippen LogP contribution in [0.15, 0.2) is 95.3 Å². The second-order valence-corrected chi connectivity index (χ2v) is 14.8. The van der Waals surface area contributed by atoms with Crippen LogP contribution in [0.5, 0.6) is 5.75 Å². The van der Waals surface area contributed by atoms with Gasteiger partial charge in [0.05, 0.1) is 0 Å². The van der Waals surface area contributed by atoms with Crippen molar-refractivity contribution in [2.24, 2.45) is 10.8 Å². The molecule has 3 aromatic rings. The van der Waals surface area contributed by atoms with Gasteiger partial charge in [-0.1, -0.05) is 82.3 Å². The number of ether oxygens (including phenoxy) is 1. The molecule has 1 heterocycles. The summed E-state index contributed by atoms with van der Waals surface area (Å²) in [6, 6.07) is 23.6. The topological polar surface area (TPSA) is 75.7 Å². The van der Waals surface area contributed by atoms with Gasteiger partial charge in [0.1, 0.15) is 5.75 Å². The third-order valence-electron chi connectivity index (χ3n) is 9.58. The maximum Gasteiger partial charge on any atom is 0.262 e. The molecular weight excluding hydrogens is 572 g/mol. The number of allylic oxidation sites excluding steroid dienone is 4.